The minimum atomic E-state index is -1.54. The van der Waals surface area contributed by atoms with E-state index in [4.69, 9.17) is 5.73 Å². The summed E-state index contributed by atoms with van der Waals surface area (Å²) in [6.45, 7) is 3.23. The molecule has 4 rings (SSSR count). The highest BCUT2D eigenvalue weighted by atomic mass is 19.1. The number of hydrogen-bond acceptors (Lipinski definition) is 6. The number of aliphatic imine (C=N–C) groups is 1. The van der Waals surface area contributed by atoms with Crippen LogP contribution in [0.5, 0.6) is 0 Å². The van der Waals surface area contributed by atoms with Crippen LogP contribution in [0, 0.1) is 5.82 Å². The second kappa shape index (κ2) is 10.0. The van der Waals surface area contributed by atoms with Crippen molar-refractivity contribution in [2.45, 2.75) is 24.4 Å². The van der Waals surface area contributed by atoms with E-state index in [1.165, 1.54) is 30.6 Å². The quantitative estimate of drug-likeness (QED) is 0.461. The molecular formula is C24H27FN6O3. The molecule has 2 aromatic rings. The Balaban J connectivity index is 1.45. The van der Waals surface area contributed by atoms with Gasteiger partial charge in [0.25, 0.3) is 11.8 Å². The van der Waals surface area contributed by atoms with E-state index in [2.05, 4.69) is 25.8 Å². The maximum absolute atomic E-state index is 13.1. The highest BCUT2D eigenvalue weighted by Gasteiger charge is 2.52. The van der Waals surface area contributed by atoms with Crippen molar-refractivity contribution in [3.63, 3.8) is 0 Å². The Kier molecular flexibility index (Phi) is 6.87. The molecule has 34 heavy (non-hydrogen) atoms. The van der Waals surface area contributed by atoms with Crippen LogP contribution in [-0.4, -0.2) is 61.2 Å². The van der Waals surface area contributed by atoms with E-state index in [-0.39, 0.29) is 0 Å². The number of benzene rings is 2. The Hall–Kier alpha value is -3.79. The molecule has 0 aromatic heterocycles. The SMILES string of the molecule is NC(=O)C1(c2ccc(NC(=O)c3ccc(F)cc3)cc2)NC=NC1C(=O)NCCN1CCCC1. The number of likely N-dealkylation sites (tertiary alicyclic amines) is 1. The lowest BCUT2D eigenvalue weighted by Crippen LogP contribution is -2.60. The lowest BCUT2D eigenvalue weighted by atomic mass is 9.82. The Morgan fingerprint density at radius 3 is 2.41 bits per heavy atom. The summed E-state index contributed by atoms with van der Waals surface area (Å²) in [5.41, 5.74) is 5.42. The monoisotopic (exact) mass is 466 g/mol. The summed E-state index contributed by atoms with van der Waals surface area (Å²) in [4.78, 5) is 44.4. The van der Waals surface area contributed by atoms with E-state index in [0.29, 0.717) is 23.4 Å². The van der Waals surface area contributed by atoms with Gasteiger partial charge in [0, 0.05) is 24.3 Å². The zero-order valence-corrected chi connectivity index (χ0v) is 18.6. The van der Waals surface area contributed by atoms with Gasteiger partial charge in [0.1, 0.15) is 5.82 Å². The summed E-state index contributed by atoms with van der Waals surface area (Å²) in [5.74, 6) is -1.98. The first-order valence-corrected chi connectivity index (χ1v) is 11.2. The number of nitrogens with zero attached hydrogens (tertiary/aromatic N) is 2. The standard InChI is InChI=1S/C24H27FN6O3/c25-18-7-3-16(4-8-18)21(32)30-19-9-5-17(6-10-19)24(23(26)34)20(28-15-29-24)22(33)27-11-14-31-12-1-2-13-31/h3-10,15,20H,1-2,11-14H2,(H2,26,34)(H,27,33)(H,28,29)(H,30,32). The minimum absolute atomic E-state index is 0.301. The van der Waals surface area contributed by atoms with Crippen LogP contribution >= 0.6 is 0 Å². The van der Waals surface area contributed by atoms with Gasteiger partial charge in [-0.3, -0.25) is 19.4 Å². The van der Waals surface area contributed by atoms with E-state index in [0.717, 1.165) is 32.5 Å². The number of amides is 3. The second-order valence-electron chi connectivity index (χ2n) is 8.38. The number of carbonyl (C=O) groups excluding carboxylic acids is 3. The van der Waals surface area contributed by atoms with Gasteiger partial charge < -0.3 is 26.6 Å². The molecule has 9 nitrogen and oxygen atoms in total. The van der Waals surface area contributed by atoms with E-state index in [9.17, 15) is 18.8 Å². The molecule has 3 amide bonds. The highest BCUT2D eigenvalue weighted by Crippen LogP contribution is 2.31. The topological polar surface area (TPSA) is 129 Å². The molecule has 2 heterocycles. The van der Waals surface area contributed by atoms with Crippen LogP contribution in [0.15, 0.2) is 53.5 Å². The summed E-state index contributed by atoms with van der Waals surface area (Å²) >= 11 is 0. The molecule has 2 aromatic carbocycles. The fourth-order valence-corrected chi connectivity index (χ4v) is 4.32. The maximum atomic E-state index is 13.1. The third-order valence-electron chi connectivity index (χ3n) is 6.19. The van der Waals surface area contributed by atoms with Crippen LogP contribution in [0.1, 0.15) is 28.8 Å². The predicted molar refractivity (Wildman–Crippen MR) is 126 cm³/mol. The number of carbonyl (C=O) groups is 3. The summed E-state index contributed by atoms with van der Waals surface area (Å²) in [5, 5.41) is 8.46. The number of nitrogens with one attached hydrogen (secondary N) is 3. The molecule has 5 N–H and O–H groups in total. The molecule has 1 fully saturated rings. The molecular weight excluding hydrogens is 439 g/mol. The maximum Gasteiger partial charge on any atom is 0.255 e. The summed E-state index contributed by atoms with van der Waals surface area (Å²) in [7, 11) is 0. The molecule has 178 valence electrons. The van der Waals surface area contributed by atoms with Gasteiger partial charge in [-0.15, -0.1) is 0 Å². The first-order valence-electron chi connectivity index (χ1n) is 11.2. The van der Waals surface area contributed by atoms with E-state index in [1.807, 2.05) is 0 Å². The average Bonchev–Trinajstić information content (AvgIpc) is 3.51. The van der Waals surface area contributed by atoms with Gasteiger partial charge in [0.15, 0.2) is 11.6 Å². The molecule has 2 aliphatic heterocycles. The van der Waals surface area contributed by atoms with E-state index < -0.39 is 35.1 Å². The number of hydrogen-bond donors (Lipinski definition) is 4. The molecule has 0 radical (unpaired) electrons. The second-order valence-corrected chi connectivity index (χ2v) is 8.38. The number of primary amides is 1. The van der Waals surface area contributed by atoms with Gasteiger partial charge in [-0.1, -0.05) is 12.1 Å². The molecule has 0 spiro atoms. The molecule has 2 aliphatic rings. The van der Waals surface area contributed by atoms with E-state index in [1.54, 1.807) is 24.3 Å². The molecule has 0 aliphatic carbocycles. The lowest BCUT2D eigenvalue weighted by molar-refractivity contribution is -0.131. The lowest BCUT2D eigenvalue weighted by Gasteiger charge is -2.31. The van der Waals surface area contributed by atoms with Crippen LogP contribution in [0.2, 0.25) is 0 Å². The fourth-order valence-electron chi connectivity index (χ4n) is 4.32. The Bertz CT molecular complexity index is 1080. The highest BCUT2D eigenvalue weighted by molar-refractivity contribution is 6.04. The summed E-state index contributed by atoms with van der Waals surface area (Å²) in [6.07, 6.45) is 3.64. The van der Waals surface area contributed by atoms with Crippen molar-refractivity contribution in [1.82, 2.24) is 15.5 Å². The number of anilines is 1. The van der Waals surface area contributed by atoms with Gasteiger partial charge >= 0.3 is 0 Å². The summed E-state index contributed by atoms with van der Waals surface area (Å²) in [6, 6.07) is 10.5. The molecule has 2 unspecified atom stereocenters. The fraction of sp³-hybridized carbons (Fsp3) is 0.333. The Morgan fingerprint density at radius 2 is 1.76 bits per heavy atom. The Labute approximate surface area is 196 Å². The van der Waals surface area contributed by atoms with Crippen molar-refractivity contribution in [3.05, 3.63) is 65.5 Å². The van der Waals surface area contributed by atoms with Crippen LogP contribution in [0.3, 0.4) is 0 Å². The zero-order valence-electron chi connectivity index (χ0n) is 18.6. The molecule has 10 heteroatoms. The molecule has 0 bridgehead atoms. The molecule has 0 saturated carbocycles. The number of halogens is 1. The number of rotatable bonds is 8. The minimum Gasteiger partial charge on any atom is -0.367 e. The van der Waals surface area contributed by atoms with Crippen molar-refractivity contribution in [2.75, 3.05) is 31.5 Å². The smallest absolute Gasteiger partial charge is 0.255 e. The van der Waals surface area contributed by atoms with Crippen LogP contribution in [-0.2, 0) is 15.1 Å². The third-order valence-corrected chi connectivity index (χ3v) is 6.19. The van der Waals surface area contributed by atoms with Crippen molar-refractivity contribution < 1.29 is 18.8 Å². The van der Waals surface area contributed by atoms with Crippen molar-refractivity contribution >= 4 is 29.7 Å². The third kappa shape index (κ3) is 4.76. The molecule has 1 saturated heterocycles. The number of nitrogens with two attached hydrogens (primary N) is 1. The van der Waals surface area contributed by atoms with Crippen molar-refractivity contribution in [3.8, 4) is 0 Å². The van der Waals surface area contributed by atoms with Gasteiger partial charge in [-0.25, -0.2) is 4.39 Å². The average molecular weight is 467 g/mol. The van der Waals surface area contributed by atoms with Gasteiger partial charge in [0.05, 0.1) is 6.34 Å². The zero-order chi connectivity index (χ0) is 24.1. The van der Waals surface area contributed by atoms with Crippen LogP contribution in [0.25, 0.3) is 0 Å². The molecule has 2 atom stereocenters. The van der Waals surface area contributed by atoms with Crippen molar-refractivity contribution in [1.29, 1.82) is 0 Å². The van der Waals surface area contributed by atoms with E-state index >= 15 is 0 Å². The predicted octanol–water partition coefficient (Wildman–Crippen LogP) is 0.971. The largest absolute Gasteiger partial charge is 0.367 e. The Morgan fingerprint density at radius 1 is 1.09 bits per heavy atom. The van der Waals surface area contributed by atoms with Gasteiger partial charge in [-0.05, 0) is 67.9 Å². The summed E-state index contributed by atoms with van der Waals surface area (Å²) < 4.78 is 13.1. The van der Waals surface area contributed by atoms with Gasteiger partial charge in [0.2, 0.25) is 5.91 Å². The normalized spacial score (nSPS) is 21.7. The van der Waals surface area contributed by atoms with Crippen molar-refractivity contribution in [2.24, 2.45) is 10.7 Å². The first-order chi connectivity index (χ1) is 16.4. The first kappa shape index (κ1) is 23.4. The van der Waals surface area contributed by atoms with Crippen LogP contribution < -0.4 is 21.7 Å². The van der Waals surface area contributed by atoms with Crippen LogP contribution in [0.4, 0.5) is 10.1 Å². The van der Waals surface area contributed by atoms with Gasteiger partial charge in [-0.2, -0.15) is 0 Å².